The van der Waals surface area contributed by atoms with Gasteiger partial charge >= 0.3 is 0 Å². The fourth-order valence-corrected chi connectivity index (χ4v) is 4.60. The highest BCUT2D eigenvalue weighted by Gasteiger charge is 2.23. The molecule has 0 radical (unpaired) electrons. The van der Waals surface area contributed by atoms with Crippen LogP contribution < -0.4 is 14.8 Å². The number of hydrogen-bond acceptors (Lipinski definition) is 6. The standard InChI is InChI=1S/C19H19NO5S/c1-23-17-6-4-13(10-18(17)24-2)26(21,22)12-3-5-16-15(9-12)14-7-8-20-11-19(14)25-16/h3-6,9-10,20H,7-8,11H2,1-2H3. The minimum Gasteiger partial charge on any atom is -0.493 e. The zero-order chi connectivity index (χ0) is 18.3. The largest absolute Gasteiger partial charge is 0.493 e. The maximum absolute atomic E-state index is 13.1. The van der Waals surface area contributed by atoms with Crippen LogP contribution in [0.1, 0.15) is 11.3 Å². The number of hydrogen-bond donors (Lipinski definition) is 1. The maximum atomic E-state index is 13.1. The molecule has 1 aliphatic heterocycles. The number of sulfone groups is 1. The molecule has 2 heterocycles. The molecule has 2 aromatic carbocycles. The van der Waals surface area contributed by atoms with Gasteiger partial charge in [-0.15, -0.1) is 0 Å². The van der Waals surface area contributed by atoms with Gasteiger partial charge in [-0.2, -0.15) is 0 Å². The number of nitrogens with one attached hydrogen (secondary N) is 1. The number of methoxy groups -OCH3 is 2. The second-order valence-corrected chi connectivity index (χ2v) is 8.06. The van der Waals surface area contributed by atoms with Crippen LogP contribution >= 0.6 is 0 Å². The predicted molar refractivity (Wildman–Crippen MR) is 96.6 cm³/mol. The van der Waals surface area contributed by atoms with Crippen LogP contribution in [0.3, 0.4) is 0 Å². The number of ether oxygens (including phenoxy) is 2. The average Bonchev–Trinajstić information content (AvgIpc) is 3.05. The summed E-state index contributed by atoms with van der Waals surface area (Å²) in [5, 5.41) is 4.12. The summed E-state index contributed by atoms with van der Waals surface area (Å²) in [6, 6.07) is 9.60. The first-order valence-corrected chi connectivity index (χ1v) is 9.75. The number of rotatable bonds is 4. The Kier molecular flexibility index (Phi) is 4.13. The minimum absolute atomic E-state index is 0.161. The lowest BCUT2D eigenvalue weighted by atomic mass is 10.1. The van der Waals surface area contributed by atoms with Gasteiger partial charge < -0.3 is 19.2 Å². The third-order valence-electron chi connectivity index (χ3n) is 4.66. The van der Waals surface area contributed by atoms with E-state index in [2.05, 4.69) is 5.32 Å². The Morgan fingerprint density at radius 3 is 2.50 bits per heavy atom. The summed E-state index contributed by atoms with van der Waals surface area (Å²) in [4.78, 5) is 0.396. The molecular formula is C19H19NO5S. The van der Waals surface area contributed by atoms with Crippen molar-refractivity contribution in [1.29, 1.82) is 0 Å². The van der Waals surface area contributed by atoms with Crippen molar-refractivity contribution in [2.75, 3.05) is 20.8 Å². The molecule has 0 atom stereocenters. The van der Waals surface area contributed by atoms with Crippen molar-refractivity contribution in [3.8, 4) is 11.5 Å². The zero-order valence-corrected chi connectivity index (χ0v) is 15.4. The van der Waals surface area contributed by atoms with Gasteiger partial charge in [-0.05, 0) is 43.3 Å². The first-order valence-electron chi connectivity index (χ1n) is 8.26. The van der Waals surface area contributed by atoms with Crippen molar-refractivity contribution < 1.29 is 22.3 Å². The molecule has 6 nitrogen and oxygen atoms in total. The zero-order valence-electron chi connectivity index (χ0n) is 14.5. The van der Waals surface area contributed by atoms with Gasteiger partial charge in [-0.25, -0.2) is 8.42 Å². The second kappa shape index (κ2) is 6.34. The van der Waals surface area contributed by atoms with Crippen molar-refractivity contribution in [3.05, 3.63) is 47.7 Å². The molecule has 0 aliphatic carbocycles. The van der Waals surface area contributed by atoms with Gasteiger partial charge in [0.1, 0.15) is 11.3 Å². The molecule has 0 amide bonds. The summed E-state index contributed by atoms with van der Waals surface area (Å²) in [7, 11) is -0.696. The Hall–Kier alpha value is -2.51. The highest BCUT2D eigenvalue weighted by molar-refractivity contribution is 7.91. The molecule has 0 bridgehead atoms. The third-order valence-corrected chi connectivity index (χ3v) is 6.41. The molecule has 1 aliphatic rings. The van der Waals surface area contributed by atoms with Gasteiger partial charge in [-0.1, -0.05) is 0 Å². The Morgan fingerprint density at radius 1 is 1.00 bits per heavy atom. The molecule has 4 rings (SSSR count). The molecule has 136 valence electrons. The maximum Gasteiger partial charge on any atom is 0.206 e. The second-order valence-electron chi connectivity index (χ2n) is 6.11. The van der Waals surface area contributed by atoms with Crippen molar-refractivity contribution in [3.63, 3.8) is 0 Å². The monoisotopic (exact) mass is 373 g/mol. The molecule has 0 spiro atoms. The Morgan fingerprint density at radius 2 is 1.73 bits per heavy atom. The quantitative estimate of drug-likeness (QED) is 0.758. The molecule has 7 heteroatoms. The van der Waals surface area contributed by atoms with Gasteiger partial charge in [0, 0.05) is 17.0 Å². The van der Waals surface area contributed by atoms with Gasteiger partial charge in [0.05, 0.1) is 30.6 Å². The average molecular weight is 373 g/mol. The molecule has 0 saturated carbocycles. The number of furan rings is 1. The van der Waals surface area contributed by atoms with E-state index in [4.69, 9.17) is 13.9 Å². The lowest BCUT2D eigenvalue weighted by molar-refractivity contribution is 0.354. The normalized spacial score (nSPS) is 14.2. The molecule has 26 heavy (non-hydrogen) atoms. The molecule has 1 N–H and O–H groups in total. The summed E-state index contributed by atoms with van der Waals surface area (Å²) in [6.45, 7) is 1.52. The lowest BCUT2D eigenvalue weighted by Gasteiger charge is -2.11. The summed E-state index contributed by atoms with van der Waals surface area (Å²) in [5.41, 5.74) is 1.80. The van der Waals surface area contributed by atoms with E-state index in [0.717, 1.165) is 29.7 Å². The van der Waals surface area contributed by atoms with Gasteiger partial charge in [0.2, 0.25) is 9.84 Å². The third kappa shape index (κ3) is 2.64. The minimum atomic E-state index is -3.69. The molecule has 3 aromatic rings. The fourth-order valence-electron chi connectivity index (χ4n) is 3.30. The van der Waals surface area contributed by atoms with Crippen molar-refractivity contribution in [1.82, 2.24) is 5.32 Å². The smallest absolute Gasteiger partial charge is 0.206 e. The molecule has 1 aromatic heterocycles. The van der Waals surface area contributed by atoms with Gasteiger partial charge in [-0.3, -0.25) is 0 Å². The van der Waals surface area contributed by atoms with Crippen LogP contribution in [0.5, 0.6) is 11.5 Å². The molecule has 0 saturated heterocycles. The first-order chi connectivity index (χ1) is 12.5. The number of benzene rings is 2. The summed E-state index contributed by atoms with van der Waals surface area (Å²) in [5.74, 6) is 1.74. The summed E-state index contributed by atoms with van der Waals surface area (Å²) < 4.78 is 42.4. The first kappa shape index (κ1) is 16.9. The molecular weight excluding hydrogens is 354 g/mol. The lowest BCUT2D eigenvalue weighted by Crippen LogP contribution is -2.22. The highest BCUT2D eigenvalue weighted by atomic mass is 32.2. The van der Waals surface area contributed by atoms with Gasteiger partial charge in [0.15, 0.2) is 11.5 Å². The van der Waals surface area contributed by atoms with Crippen LogP contribution in [-0.2, 0) is 22.8 Å². The molecule has 0 unspecified atom stereocenters. The van der Waals surface area contributed by atoms with E-state index in [9.17, 15) is 8.42 Å². The SMILES string of the molecule is COc1ccc(S(=O)(=O)c2ccc3oc4c(c3c2)CCNC4)cc1OC. The van der Waals surface area contributed by atoms with E-state index in [1.165, 1.54) is 26.4 Å². The van der Waals surface area contributed by atoms with Crippen LogP contribution in [0.4, 0.5) is 0 Å². The van der Waals surface area contributed by atoms with E-state index in [1.54, 1.807) is 24.3 Å². The molecule has 0 fully saturated rings. The van der Waals surface area contributed by atoms with Crippen LogP contribution in [-0.4, -0.2) is 29.2 Å². The predicted octanol–water partition coefficient (Wildman–Crippen LogP) is 2.93. The Bertz CT molecular complexity index is 1080. The van der Waals surface area contributed by atoms with Crippen molar-refractivity contribution in [2.45, 2.75) is 22.8 Å². The number of fused-ring (bicyclic) bond motifs is 3. The van der Waals surface area contributed by atoms with Crippen LogP contribution in [0, 0.1) is 0 Å². The van der Waals surface area contributed by atoms with Crippen LogP contribution in [0.25, 0.3) is 11.0 Å². The van der Waals surface area contributed by atoms with Crippen LogP contribution in [0.2, 0.25) is 0 Å². The topological polar surface area (TPSA) is 77.8 Å². The van der Waals surface area contributed by atoms with E-state index >= 15 is 0 Å². The van der Waals surface area contributed by atoms with E-state index < -0.39 is 9.84 Å². The fraction of sp³-hybridized carbons (Fsp3) is 0.263. The van der Waals surface area contributed by atoms with Crippen molar-refractivity contribution in [2.24, 2.45) is 0 Å². The van der Waals surface area contributed by atoms with Crippen LogP contribution in [0.15, 0.2) is 50.6 Å². The van der Waals surface area contributed by atoms with Gasteiger partial charge in [0.25, 0.3) is 0 Å². The Balaban J connectivity index is 1.83. The Labute approximate surface area is 151 Å². The highest BCUT2D eigenvalue weighted by Crippen LogP contribution is 2.34. The van der Waals surface area contributed by atoms with E-state index in [1.807, 2.05) is 0 Å². The van der Waals surface area contributed by atoms with E-state index in [0.29, 0.717) is 23.6 Å². The summed E-state index contributed by atoms with van der Waals surface area (Å²) >= 11 is 0. The van der Waals surface area contributed by atoms with E-state index in [-0.39, 0.29) is 9.79 Å². The van der Waals surface area contributed by atoms with Crippen molar-refractivity contribution >= 4 is 20.8 Å². The summed E-state index contributed by atoms with van der Waals surface area (Å²) in [6.07, 6.45) is 0.822.